The van der Waals surface area contributed by atoms with Crippen molar-refractivity contribution in [2.75, 3.05) is 12.0 Å². The van der Waals surface area contributed by atoms with Crippen molar-refractivity contribution in [3.63, 3.8) is 0 Å². The SMILES string of the molecule is COc1ccc(N2C(=O)C3C(C2=O)C2c4ccccc4C=CN2C3C#N)cc1. The van der Waals surface area contributed by atoms with E-state index in [1.165, 1.54) is 4.90 Å². The molecule has 4 unspecified atom stereocenters. The summed E-state index contributed by atoms with van der Waals surface area (Å²) in [5.41, 5.74) is 2.51. The second-order valence-electron chi connectivity index (χ2n) is 7.17. The molecule has 0 saturated carbocycles. The van der Waals surface area contributed by atoms with Crippen LogP contribution in [0.1, 0.15) is 17.2 Å². The highest BCUT2D eigenvalue weighted by Gasteiger charge is 2.63. The van der Waals surface area contributed by atoms with Crippen LogP contribution in [0.15, 0.2) is 54.7 Å². The molecule has 138 valence electrons. The molecule has 0 aliphatic carbocycles. The van der Waals surface area contributed by atoms with Crippen molar-refractivity contribution in [2.24, 2.45) is 11.8 Å². The van der Waals surface area contributed by atoms with E-state index in [-0.39, 0.29) is 17.9 Å². The van der Waals surface area contributed by atoms with Crippen molar-refractivity contribution >= 4 is 23.6 Å². The van der Waals surface area contributed by atoms with Crippen LogP contribution in [0.3, 0.4) is 0 Å². The highest BCUT2D eigenvalue weighted by atomic mass is 16.5. The van der Waals surface area contributed by atoms with Gasteiger partial charge in [0.25, 0.3) is 0 Å². The molecular formula is C22H17N3O3. The molecule has 0 N–H and O–H groups in total. The summed E-state index contributed by atoms with van der Waals surface area (Å²) in [6.07, 6.45) is 3.78. The number of nitrogens with zero attached hydrogens (tertiary/aromatic N) is 3. The van der Waals surface area contributed by atoms with E-state index in [9.17, 15) is 14.9 Å². The smallest absolute Gasteiger partial charge is 0.240 e. The first kappa shape index (κ1) is 16.6. The number of benzene rings is 2. The van der Waals surface area contributed by atoms with Gasteiger partial charge in [0.1, 0.15) is 11.8 Å². The van der Waals surface area contributed by atoms with Crippen LogP contribution in [-0.4, -0.2) is 29.9 Å². The van der Waals surface area contributed by atoms with Crippen LogP contribution in [0.4, 0.5) is 5.69 Å². The molecule has 6 nitrogen and oxygen atoms in total. The third kappa shape index (κ3) is 2.07. The molecule has 5 rings (SSSR count). The Hall–Kier alpha value is -3.59. The number of methoxy groups -OCH3 is 1. The normalized spacial score (nSPS) is 27.3. The van der Waals surface area contributed by atoms with Crippen LogP contribution < -0.4 is 9.64 Å². The minimum Gasteiger partial charge on any atom is -0.497 e. The number of rotatable bonds is 2. The number of ether oxygens (including phenoxy) is 1. The molecular weight excluding hydrogens is 354 g/mol. The third-order valence-electron chi connectivity index (χ3n) is 5.92. The Bertz CT molecular complexity index is 1050. The van der Waals surface area contributed by atoms with E-state index in [1.807, 2.05) is 41.4 Å². The lowest BCUT2D eigenvalue weighted by atomic mass is 9.85. The van der Waals surface area contributed by atoms with E-state index in [4.69, 9.17) is 4.74 Å². The zero-order valence-electron chi connectivity index (χ0n) is 15.1. The van der Waals surface area contributed by atoms with Crippen molar-refractivity contribution in [3.05, 3.63) is 65.9 Å². The van der Waals surface area contributed by atoms with Gasteiger partial charge in [-0.25, -0.2) is 4.90 Å². The maximum Gasteiger partial charge on any atom is 0.240 e. The first-order valence-electron chi connectivity index (χ1n) is 9.12. The molecule has 2 amide bonds. The molecule has 0 radical (unpaired) electrons. The van der Waals surface area contributed by atoms with Gasteiger partial charge in [-0.2, -0.15) is 5.26 Å². The third-order valence-corrected chi connectivity index (χ3v) is 5.92. The lowest BCUT2D eigenvalue weighted by molar-refractivity contribution is -0.123. The van der Waals surface area contributed by atoms with Crippen molar-refractivity contribution in [3.8, 4) is 11.8 Å². The summed E-state index contributed by atoms with van der Waals surface area (Å²) in [6.45, 7) is 0. The Morgan fingerprint density at radius 2 is 1.71 bits per heavy atom. The second-order valence-corrected chi connectivity index (χ2v) is 7.17. The number of imide groups is 1. The van der Waals surface area contributed by atoms with E-state index >= 15 is 0 Å². The number of hydrogen-bond donors (Lipinski definition) is 0. The molecule has 2 aromatic rings. The standard InChI is InChI=1S/C22H17N3O3/c1-28-15-8-6-14(7-9-15)25-21(26)18-17(12-23)24-11-10-13-4-2-3-5-16(13)20(24)19(18)22(25)27/h2-11,17-20H,1H3. The first-order valence-corrected chi connectivity index (χ1v) is 9.12. The fourth-order valence-corrected chi connectivity index (χ4v) is 4.69. The minimum absolute atomic E-state index is 0.252. The van der Waals surface area contributed by atoms with Gasteiger partial charge in [-0.15, -0.1) is 0 Å². The zero-order chi connectivity index (χ0) is 19.4. The number of hydrogen-bond acceptors (Lipinski definition) is 5. The van der Waals surface area contributed by atoms with Gasteiger partial charge in [0.2, 0.25) is 11.8 Å². The largest absolute Gasteiger partial charge is 0.497 e. The first-order chi connectivity index (χ1) is 13.7. The van der Waals surface area contributed by atoms with Gasteiger partial charge in [-0.3, -0.25) is 9.59 Å². The van der Waals surface area contributed by atoms with E-state index in [0.717, 1.165) is 11.1 Å². The number of amides is 2. The van der Waals surface area contributed by atoms with Gasteiger partial charge < -0.3 is 9.64 Å². The fourth-order valence-electron chi connectivity index (χ4n) is 4.69. The van der Waals surface area contributed by atoms with Gasteiger partial charge in [-0.1, -0.05) is 24.3 Å². The van der Waals surface area contributed by atoms with Gasteiger partial charge >= 0.3 is 0 Å². The maximum absolute atomic E-state index is 13.4. The van der Waals surface area contributed by atoms with Crippen molar-refractivity contribution in [1.29, 1.82) is 5.26 Å². The highest BCUT2D eigenvalue weighted by molar-refractivity contribution is 6.23. The molecule has 6 heteroatoms. The molecule has 4 atom stereocenters. The molecule has 28 heavy (non-hydrogen) atoms. The summed E-state index contributed by atoms with van der Waals surface area (Å²) in [6, 6.07) is 15.9. The Balaban J connectivity index is 1.60. The van der Waals surface area contributed by atoms with Crippen LogP contribution in [0, 0.1) is 23.2 Å². The fraction of sp³-hybridized carbons (Fsp3) is 0.227. The molecule has 2 fully saturated rings. The molecule has 0 aromatic heterocycles. The summed E-state index contributed by atoms with van der Waals surface area (Å²) < 4.78 is 5.16. The van der Waals surface area contributed by atoms with Crippen molar-refractivity contribution < 1.29 is 14.3 Å². The molecule has 2 saturated heterocycles. The van der Waals surface area contributed by atoms with Crippen LogP contribution in [0.2, 0.25) is 0 Å². The Labute approximate surface area is 162 Å². The monoisotopic (exact) mass is 371 g/mol. The quantitative estimate of drug-likeness (QED) is 0.759. The maximum atomic E-state index is 13.4. The van der Waals surface area contributed by atoms with Crippen molar-refractivity contribution in [1.82, 2.24) is 4.90 Å². The molecule has 2 aromatic carbocycles. The molecule has 0 bridgehead atoms. The van der Waals surface area contributed by atoms with Gasteiger partial charge in [-0.05, 0) is 41.5 Å². The average molecular weight is 371 g/mol. The molecule has 3 aliphatic rings. The van der Waals surface area contributed by atoms with Crippen LogP contribution >= 0.6 is 0 Å². The summed E-state index contributed by atoms with van der Waals surface area (Å²) in [5.74, 6) is -1.17. The number of fused-ring (bicyclic) bond motifs is 5. The summed E-state index contributed by atoms with van der Waals surface area (Å²) in [4.78, 5) is 29.7. The van der Waals surface area contributed by atoms with Gasteiger partial charge in [0.05, 0.1) is 36.7 Å². The predicted octanol–water partition coefficient (Wildman–Crippen LogP) is 2.73. The van der Waals surface area contributed by atoms with Gasteiger partial charge in [0.15, 0.2) is 0 Å². The van der Waals surface area contributed by atoms with E-state index in [1.54, 1.807) is 31.4 Å². The van der Waals surface area contributed by atoms with E-state index in [2.05, 4.69) is 6.07 Å². The number of carbonyl (C=O) groups is 2. The molecule has 3 aliphatic heterocycles. The highest BCUT2D eigenvalue weighted by Crippen LogP contribution is 2.52. The Morgan fingerprint density at radius 3 is 2.43 bits per heavy atom. The Kier molecular flexibility index (Phi) is 3.53. The zero-order valence-corrected chi connectivity index (χ0v) is 15.1. The van der Waals surface area contributed by atoms with Crippen LogP contribution in [-0.2, 0) is 9.59 Å². The lowest BCUT2D eigenvalue weighted by Crippen LogP contribution is -2.40. The Morgan fingerprint density at radius 1 is 1.00 bits per heavy atom. The molecule has 0 spiro atoms. The topological polar surface area (TPSA) is 73.6 Å². The number of anilines is 1. The summed E-state index contributed by atoms with van der Waals surface area (Å²) in [5, 5.41) is 9.81. The van der Waals surface area contributed by atoms with E-state index < -0.39 is 17.9 Å². The number of nitriles is 1. The molecule has 3 heterocycles. The van der Waals surface area contributed by atoms with Crippen LogP contribution in [0.5, 0.6) is 5.75 Å². The van der Waals surface area contributed by atoms with Gasteiger partial charge in [0, 0.05) is 6.20 Å². The second kappa shape index (κ2) is 5.96. The van der Waals surface area contributed by atoms with Crippen LogP contribution in [0.25, 0.3) is 6.08 Å². The summed E-state index contributed by atoms with van der Waals surface area (Å²) >= 11 is 0. The van der Waals surface area contributed by atoms with Crippen molar-refractivity contribution in [2.45, 2.75) is 12.1 Å². The minimum atomic E-state index is -0.680. The predicted molar refractivity (Wildman–Crippen MR) is 102 cm³/mol. The average Bonchev–Trinajstić information content (AvgIpc) is 3.20. The lowest BCUT2D eigenvalue weighted by Gasteiger charge is -2.33. The van der Waals surface area contributed by atoms with E-state index in [0.29, 0.717) is 11.4 Å². The number of carbonyl (C=O) groups excluding carboxylic acids is 2. The summed E-state index contributed by atoms with van der Waals surface area (Å²) in [7, 11) is 1.56.